The second-order valence-electron chi connectivity index (χ2n) is 5.91. The molecular formula is C13H22N4O2S. The maximum Gasteiger partial charge on any atom is 0.258 e. The Kier molecular flexibility index (Phi) is 3.83. The number of H-pyrrole nitrogens is 1. The van der Waals surface area contributed by atoms with E-state index in [-0.39, 0.29) is 11.1 Å². The summed E-state index contributed by atoms with van der Waals surface area (Å²) >= 11 is 0. The summed E-state index contributed by atoms with van der Waals surface area (Å²) in [5.41, 5.74) is 0.697. The van der Waals surface area contributed by atoms with Gasteiger partial charge in [0.15, 0.2) is 5.03 Å². The highest BCUT2D eigenvalue weighted by molar-refractivity contribution is 7.89. The lowest BCUT2D eigenvalue weighted by molar-refractivity contribution is 0.389. The van der Waals surface area contributed by atoms with E-state index in [9.17, 15) is 8.42 Å². The molecule has 2 aliphatic rings. The van der Waals surface area contributed by atoms with E-state index in [1.807, 2.05) is 6.92 Å². The van der Waals surface area contributed by atoms with Crippen molar-refractivity contribution in [3.05, 3.63) is 11.8 Å². The van der Waals surface area contributed by atoms with Gasteiger partial charge in [-0.2, -0.15) is 5.10 Å². The predicted octanol–water partition coefficient (Wildman–Crippen LogP) is 0.986. The summed E-state index contributed by atoms with van der Waals surface area (Å²) in [6.45, 7) is 3.30. The molecule has 2 bridgehead atoms. The quantitative estimate of drug-likeness (QED) is 0.731. The molecule has 2 aliphatic carbocycles. The molecule has 7 heteroatoms. The summed E-state index contributed by atoms with van der Waals surface area (Å²) in [5.74, 6) is 1.24. The monoisotopic (exact) mass is 298 g/mol. The lowest BCUT2D eigenvalue weighted by Gasteiger charge is -2.22. The van der Waals surface area contributed by atoms with E-state index in [4.69, 9.17) is 0 Å². The van der Waals surface area contributed by atoms with Crippen molar-refractivity contribution in [2.45, 2.75) is 50.2 Å². The van der Waals surface area contributed by atoms with Crippen molar-refractivity contribution < 1.29 is 8.42 Å². The summed E-state index contributed by atoms with van der Waals surface area (Å²) in [7, 11) is -3.49. The highest BCUT2D eigenvalue weighted by atomic mass is 32.2. The second kappa shape index (κ2) is 5.46. The van der Waals surface area contributed by atoms with E-state index in [0.29, 0.717) is 18.0 Å². The molecule has 6 nitrogen and oxygen atoms in total. The molecule has 1 aromatic rings. The number of fused-ring (bicyclic) bond motifs is 2. The zero-order chi connectivity index (χ0) is 14.2. The summed E-state index contributed by atoms with van der Waals surface area (Å²) in [6.07, 6.45) is 6.17. The molecule has 3 unspecified atom stereocenters. The van der Waals surface area contributed by atoms with Gasteiger partial charge in [0.1, 0.15) is 0 Å². The number of hydrogen-bond acceptors (Lipinski definition) is 4. The minimum absolute atomic E-state index is 0.106. The molecule has 112 valence electrons. The first-order valence-electron chi connectivity index (χ1n) is 7.35. The molecule has 0 amide bonds. The van der Waals surface area contributed by atoms with E-state index in [1.54, 1.807) is 6.20 Å². The van der Waals surface area contributed by atoms with Crippen LogP contribution in [-0.4, -0.2) is 31.2 Å². The first-order chi connectivity index (χ1) is 9.60. The Hall–Kier alpha value is -0.920. The van der Waals surface area contributed by atoms with Crippen LogP contribution in [0.3, 0.4) is 0 Å². The molecule has 20 heavy (non-hydrogen) atoms. The van der Waals surface area contributed by atoms with Crippen molar-refractivity contribution in [3.63, 3.8) is 0 Å². The van der Waals surface area contributed by atoms with Crippen LogP contribution in [0.4, 0.5) is 0 Å². The zero-order valence-electron chi connectivity index (χ0n) is 11.7. The number of nitrogens with one attached hydrogen (secondary N) is 3. The van der Waals surface area contributed by atoms with Crippen LogP contribution in [0.15, 0.2) is 11.2 Å². The van der Waals surface area contributed by atoms with Crippen molar-refractivity contribution in [1.82, 2.24) is 20.2 Å². The molecule has 3 rings (SSSR count). The maximum absolute atomic E-state index is 12.5. The topological polar surface area (TPSA) is 86.9 Å². The van der Waals surface area contributed by atoms with Crippen LogP contribution in [-0.2, 0) is 16.6 Å². The van der Waals surface area contributed by atoms with Crippen LogP contribution in [0.1, 0.15) is 38.2 Å². The maximum atomic E-state index is 12.5. The Morgan fingerprint density at radius 3 is 2.90 bits per heavy atom. The third-order valence-corrected chi connectivity index (χ3v) is 6.06. The molecule has 1 heterocycles. The van der Waals surface area contributed by atoms with Gasteiger partial charge in [-0.25, -0.2) is 13.1 Å². The van der Waals surface area contributed by atoms with E-state index in [2.05, 4.69) is 20.2 Å². The fraction of sp³-hybridized carbons (Fsp3) is 0.769. The van der Waals surface area contributed by atoms with Crippen molar-refractivity contribution in [3.8, 4) is 0 Å². The Labute approximate surface area is 119 Å². The number of aromatic amines is 1. The van der Waals surface area contributed by atoms with Crippen molar-refractivity contribution in [2.24, 2.45) is 11.8 Å². The normalized spacial score (nSPS) is 29.1. The highest BCUT2D eigenvalue weighted by Gasteiger charge is 2.41. The summed E-state index contributed by atoms with van der Waals surface area (Å²) in [6, 6.07) is 0.106. The van der Waals surface area contributed by atoms with Gasteiger partial charge in [-0.1, -0.05) is 13.3 Å². The number of nitrogens with zero attached hydrogens (tertiary/aromatic N) is 1. The summed E-state index contributed by atoms with van der Waals surface area (Å²) in [5, 5.41) is 9.85. The Balaban J connectivity index is 1.73. The molecule has 0 saturated heterocycles. The van der Waals surface area contributed by atoms with Crippen LogP contribution in [0.2, 0.25) is 0 Å². The fourth-order valence-corrected chi connectivity index (χ4v) is 5.01. The van der Waals surface area contributed by atoms with Gasteiger partial charge in [-0.05, 0) is 37.6 Å². The lowest BCUT2D eigenvalue weighted by Crippen LogP contribution is -2.39. The third-order valence-electron chi connectivity index (χ3n) is 4.56. The molecule has 0 aliphatic heterocycles. The van der Waals surface area contributed by atoms with Crippen LogP contribution in [0.25, 0.3) is 0 Å². The van der Waals surface area contributed by atoms with Crippen LogP contribution in [0, 0.1) is 11.8 Å². The minimum atomic E-state index is -3.49. The molecule has 3 N–H and O–H groups in total. The molecule has 2 fully saturated rings. The molecule has 0 spiro atoms. The van der Waals surface area contributed by atoms with Gasteiger partial charge in [0.2, 0.25) is 0 Å². The first-order valence-corrected chi connectivity index (χ1v) is 8.83. The van der Waals surface area contributed by atoms with E-state index in [0.717, 1.165) is 25.3 Å². The van der Waals surface area contributed by atoms with E-state index >= 15 is 0 Å². The standard InChI is InChI=1S/C13H22N4O2S/c1-2-14-7-11-8-15-16-13(11)20(18,19)17-12-6-9-3-4-10(12)5-9/h8-10,12,14,17H,2-7H2,1H3,(H,15,16). The average molecular weight is 298 g/mol. The Morgan fingerprint density at radius 2 is 2.25 bits per heavy atom. The predicted molar refractivity (Wildman–Crippen MR) is 75.5 cm³/mol. The van der Waals surface area contributed by atoms with Crippen molar-refractivity contribution in [2.75, 3.05) is 6.54 Å². The number of sulfonamides is 1. The van der Waals surface area contributed by atoms with E-state index < -0.39 is 10.0 Å². The largest absolute Gasteiger partial charge is 0.313 e. The van der Waals surface area contributed by atoms with Gasteiger partial charge < -0.3 is 5.32 Å². The lowest BCUT2D eigenvalue weighted by atomic mass is 9.96. The molecule has 3 atom stereocenters. The Bertz CT molecular complexity index is 569. The number of rotatable bonds is 6. The van der Waals surface area contributed by atoms with Gasteiger partial charge in [-0.3, -0.25) is 5.10 Å². The van der Waals surface area contributed by atoms with E-state index in [1.165, 1.54) is 12.8 Å². The SMILES string of the molecule is CCNCc1cn[nH]c1S(=O)(=O)NC1CC2CCC1C2. The summed E-state index contributed by atoms with van der Waals surface area (Å²) in [4.78, 5) is 0. The number of aromatic nitrogens is 2. The van der Waals surface area contributed by atoms with Gasteiger partial charge >= 0.3 is 0 Å². The molecule has 0 aromatic carbocycles. The Morgan fingerprint density at radius 1 is 1.40 bits per heavy atom. The van der Waals surface area contributed by atoms with Gasteiger partial charge in [0.25, 0.3) is 10.0 Å². The molecule has 2 saturated carbocycles. The fourth-order valence-electron chi connectivity index (χ4n) is 3.56. The summed E-state index contributed by atoms with van der Waals surface area (Å²) < 4.78 is 27.9. The zero-order valence-corrected chi connectivity index (χ0v) is 12.5. The van der Waals surface area contributed by atoms with Crippen molar-refractivity contribution >= 4 is 10.0 Å². The van der Waals surface area contributed by atoms with Crippen LogP contribution in [0.5, 0.6) is 0 Å². The van der Waals surface area contributed by atoms with Gasteiger partial charge in [-0.15, -0.1) is 0 Å². The van der Waals surface area contributed by atoms with Crippen molar-refractivity contribution in [1.29, 1.82) is 0 Å². The van der Waals surface area contributed by atoms with Crippen LogP contribution < -0.4 is 10.0 Å². The third kappa shape index (κ3) is 2.62. The average Bonchev–Trinajstić information content (AvgIpc) is 3.11. The molecular weight excluding hydrogens is 276 g/mol. The van der Waals surface area contributed by atoms with Gasteiger partial charge in [0, 0.05) is 18.2 Å². The minimum Gasteiger partial charge on any atom is -0.313 e. The first kappa shape index (κ1) is 14.0. The number of hydrogen-bond donors (Lipinski definition) is 3. The molecule has 1 aromatic heterocycles. The van der Waals surface area contributed by atoms with Gasteiger partial charge in [0.05, 0.1) is 6.20 Å². The highest BCUT2D eigenvalue weighted by Crippen LogP contribution is 2.44. The second-order valence-corrected chi connectivity index (χ2v) is 7.56. The smallest absolute Gasteiger partial charge is 0.258 e. The molecule has 0 radical (unpaired) electrons. The van der Waals surface area contributed by atoms with Crippen LogP contribution >= 0.6 is 0 Å².